The van der Waals surface area contributed by atoms with Crippen LogP contribution >= 0.6 is 0 Å². The number of hydrogen-bond acceptors (Lipinski definition) is 9. The molecule has 2 rings (SSSR count). The number of nitrogens with zero attached hydrogens (tertiary/aromatic N) is 2. The summed E-state index contributed by atoms with van der Waals surface area (Å²) in [4.78, 5) is 8.59. The van der Waals surface area contributed by atoms with Crippen LogP contribution in [0.15, 0.2) is 36.4 Å². The van der Waals surface area contributed by atoms with Gasteiger partial charge in [-0.3, -0.25) is 8.42 Å². The number of methoxy groups -OCH3 is 2. The van der Waals surface area contributed by atoms with E-state index in [1.807, 2.05) is 24.3 Å². The monoisotopic (exact) mass is 407 g/mol. The summed E-state index contributed by atoms with van der Waals surface area (Å²) in [5.74, 6) is 1.14. The van der Waals surface area contributed by atoms with Crippen LogP contribution in [0.1, 0.15) is 0 Å². The first-order valence-electron chi connectivity index (χ1n) is 5.97. The molecule has 9 nitrogen and oxygen atoms in total. The van der Waals surface area contributed by atoms with Crippen molar-refractivity contribution in [1.29, 1.82) is 0 Å². The van der Waals surface area contributed by atoms with E-state index >= 15 is 0 Å². The maximum absolute atomic E-state index is 8.52. The van der Waals surface area contributed by atoms with E-state index in [0.29, 0.717) is 11.8 Å². The van der Waals surface area contributed by atoms with Crippen LogP contribution in [0.2, 0.25) is 0 Å². The van der Waals surface area contributed by atoms with Crippen molar-refractivity contribution < 1.29 is 49.2 Å². The minimum Gasteiger partial charge on any atom is -0.759 e. The molecule has 2 aromatic rings. The first-order chi connectivity index (χ1) is 10.8. The van der Waals surface area contributed by atoms with Crippen LogP contribution in [0.5, 0.6) is 11.8 Å². The van der Waals surface area contributed by atoms with Crippen LogP contribution in [0, 0.1) is 0 Å². The molecule has 0 saturated heterocycles. The van der Waals surface area contributed by atoms with Gasteiger partial charge in [0.25, 0.3) is 0 Å². The summed E-state index contributed by atoms with van der Waals surface area (Å²) >= 11 is 0. The fourth-order valence-corrected chi connectivity index (χ4v) is 1.34. The molecule has 0 fully saturated rings. The summed E-state index contributed by atoms with van der Waals surface area (Å²) in [6, 6.07) is 11.1. The Labute approximate surface area is 150 Å². The third-order valence-electron chi connectivity index (χ3n) is 2.13. The molecule has 137 valence electrons. The normalized spacial score (nSPS) is 9.25. The SMILES string of the molecule is CO.COc1cccc(-c2cccc(OC)n2)n1.O=S(=O)([O-])[O-].[Cu+2]. The molecule has 11 heteroatoms. The molecule has 0 bridgehead atoms. The molecule has 0 spiro atoms. The van der Waals surface area contributed by atoms with Gasteiger partial charge in [-0.2, -0.15) is 0 Å². The van der Waals surface area contributed by atoms with Crippen molar-refractivity contribution in [2.75, 3.05) is 21.3 Å². The first kappa shape index (κ1) is 24.5. The third kappa shape index (κ3) is 10.9. The zero-order valence-electron chi connectivity index (χ0n) is 13.0. The zero-order chi connectivity index (χ0) is 17.9. The second kappa shape index (κ2) is 12.6. The van der Waals surface area contributed by atoms with Gasteiger partial charge in [-0.1, -0.05) is 12.1 Å². The molecule has 0 aromatic carbocycles. The van der Waals surface area contributed by atoms with Crippen LogP contribution < -0.4 is 9.47 Å². The van der Waals surface area contributed by atoms with Gasteiger partial charge in [0.15, 0.2) is 0 Å². The summed E-state index contributed by atoms with van der Waals surface area (Å²) in [6.45, 7) is 0. The fourth-order valence-electron chi connectivity index (χ4n) is 1.34. The van der Waals surface area contributed by atoms with Crippen molar-refractivity contribution in [2.24, 2.45) is 0 Å². The molecule has 2 aromatic heterocycles. The minimum absolute atomic E-state index is 0. The van der Waals surface area contributed by atoms with E-state index < -0.39 is 10.4 Å². The summed E-state index contributed by atoms with van der Waals surface area (Å²) in [7, 11) is -0.990. The Bertz CT molecular complexity index is 645. The van der Waals surface area contributed by atoms with Gasteiger partial charge in [-0.05, 0) is 12.1 Å². The Morgan fingerprint density at radius 2 is 1.17 bits per heavy atom. The number of pyridine rings is 2. The molecule has 1 N–H and O–H groups in total. The van der Waals surface area contributed by atoms with Gasteiger partial charge in [0.2, 0.25) is 11.8 Å². The average Bonchev–Trinajstić information content (AvgIpc) is 2.55. The quantitative estimate of drug-likeness (QED) is 0.434. The van der Waals surface area contributed by atoms with Crippen molar-refractivity contribution in [3.05, 3.63) is 36.4 Å². The number of aliphatic hydroxyl groups excluding tert-OH is 1. The van der Waals surface area contributed by atoms with E-state index in [1.165, 1.54) is 0 Å². The van der Waals surface area contributed by atoms with Gasteiger partial charge in [-0.15, -0.1) is 0 Å². The Morgan fingerprint density at radius 3 is 1.42 bits per heavy atom. The van der Waals surface area contributed by atoms with E-state index in [2.05, 4.69) is 9.97 Å². The number of rotatable bonds is 3. The standard InChI is InChI=1S/C12H12N2O2.CH4O.Cu.H2O4S/c1-15-11-7-3-5-9(13-11)10-6-4-8-12(14-10)16-2;1-2;;1-5(2,3)4/h3-8H,1-2H3;2H,1H3;;(H2,1,2,3,4)/q;;+2;/p-2. The van der Waals surface area contributed by atoms with Crippen molar-refractivity contribution in [1.82, 2.24) is 9.97 Å². The molecule has 24 heavy (non-hydrogen) atoms. The fraction of sp³-hybridized carbons (Fsp3) is 0.231. The maximum atomic E-state index is 8.52. The molecule has 2 heterocycles. The third-order valence-corrected chi connectivity index (χ3v) is 2.13. The molecule has 0 aliphatic heterocycles. The molecule has 0 aliphatic carbocycles. The number of ether oxygens (including phenoxy) is 2. The molecule has 0 saturated carbocycles. The topological polar surface area (TPSA) is 145 Å². The first-order valence-corrected chi connectivity index (χ1v) is 7.30. The smallest absolute Gasteiger partial charge is 0.759 e. The van der Waals surface area contributed by atoms with Gasteiger partial charge < -0.3 is 23.7 Å². The Morgan fingerprint density at radius 1 is 0.875 bits per heavy atom. The van der Waals surface area contributed by atoms with Crippen LogP contribution in [-0.4, -0.2) is 53.9 Å². The van der Waals surface area contributed by atoms with Crippen LogP contribution in [0.4, 0.5) is 0 Å². The second-order valence-corrected chi connectivity index (χ2v) is 4.36. The summed E-state index contributed by atoms with van der Waals surface area (Å²) < 4.78 is 44.2. The zero-order valence-corrected chi connectivity index (χ0v) is 14.7. The Kier molecular flexibility index (Phi) is 12.9. The van der Waals surface area contributed by atoms with Crippen LogP contribution in [-0.2, 0) is 27.5 Å². The number of hydrogen-bond donors (Lipinski definition) is 1. The van der Waals surface area contributed by atoms with Gasteiger partial charge >= 0.3 is 17.1 Å². The molecular weight excluding hydrogens is 392 g/mol. The van der Waals surface area contributed by atoms with Crippen LogP contribution in [0.3, 0.4) is 0 Å². The predicted octanol–water partition coefficient (Wildman–Crippen LogP) is 0.429. The van der Waals surface area contributed by atoms with Crippen molar-refractivity contribution in [3.8, 4) is 23.1 Å². The van der Waals surface area contributed by atoms with E-state index in [-0.39, 0.29) is 17.1 Å². The van der Waals surface area contributed by atoms with Crippen molar-refractivity contribution in [3.63, 3.8) is 0 Å². The summed E-state index contributed by atoms with van der Waals surface area (Å²) in [6.07, 6.45) is 0. The Balaban J connectivity index is 0. The molecule has 0 amide bonds. The Hall–Kier alpha value is -1.75. The van der Waals surface area contributed by atoms with Gasteiger partial charge in [0.1, 0.15) is 0 Å². The number of aliphatic hydroxyl groups is 1. The predicted molar refractivity (Wildman–Crippen MR) is 79.2 cm³/mol. The van der Waals surface area contributed by atoms with E-state index in [0.717, 1.165) is 18.5 Å². The molecule has 0 atom stereocenters. The van der Waals surface area contributed by atoms with Gasteiger partial charge in [0.05, 0.1) is 25.6 Å². The number of aromatic nitrogens is 2. The van der Waals surface area contributed by atoms with Crippen LogP contribution in [0.25, 0.3) is 11.4 Å². The maximum Gasteiger partial charge on any atom is 2.00 e. The van der Waals surface area contributed by atoms with E-state index in [4.69, 9.17) is 32.1 Å². The average molecular weight is 408 g/mol. The largest absolute Gasteiger partial charge is 2.00 e. The van der Waals surface area contributed by atoms with Crippen molar-refractivity contribution in [2.45, 2.75) is 0 Å². The molecule has 1 radical (unpaired) electrons. The molecular formula is C13H16CuN2O7S. The molecule has 0 aliphatic rings. The summed E-state index contributed by atoms with van der Waals surface area (Å²) in [5, 5.41) is 7.00. The van der Waals surface area contributed by atoms with E-state index in [9.17, 15) is 0 Å². The van der Waals surface area contributed by atoms with Crippen molar-refractivity contribution >= 4 is 10.4 Å². The van der Waals surface area contributed by atoms with E-state index in [1.54, 1.807) is 26.4 Å². The van der Waals surface area contributed by atoms with Gasteiger partial charge in [0, 0.05) is 29.6 Å². The second-order valence-electron chi connectivity index (χ2n) is 3.54. The van der Waals surface area contributed by atoms with Gasteiger partial charge in [-0.25, -0.2) is 9.97 Å². The minimum atomic E-state index is -5.17. The summed E-state index contributed by atoms with van der Waals surface area (Å²) in [5.41, 5.74) is 1.52. The molecule has 0 unspecified atom stereocenters.